The molecular weight excluding hydrogens is 180 g/mol. The van der Waals surface area contributed by atoms with Crippen LogP contribution in [0, 0.1) is 6.92 Å². The fourth-order valence-corrected chi connectivity index (χ4v) is 1.48. The third kappa shape index (κ3) is 13.5. The Morgan fingerprint density at radius 1 is 0.733 bits per heavy atom. The summed E-state index contributed by atoms with van der Waals surface area (Å²) < 4.78 is 0. The van der Waals surface area contributed by atoms with Gasteiger partial charge in [-0.1, -0.05) is 51.0 Å². The average molecular weight is 207 g/mol. The van der Waals surface area contributed by atoms with Crippen LogP contribution in [0.15, 0.2) is 24.3 Å². The maximum absolute atomic E-state index is 3.83. The Balaban J connectivity index is 3.04. The van der Waals surface area contributed by atoms with E-state index in [1.54, 1.807) is 0 Å². The van der Waals surface area contributed by atoms with Crippen LogP contribution < -0.4 is 0 Å². The zero-order valence-corrected chi connectivity index (χ0v) is 10.4. The van der Waals surface area contributed by atoms with Gasteiger partial charge in [-0.25, -0.2) is 0 Å². The minimum atomic E-state index is 1.06. The van der Waals surface area contributed by atoms with Crippen molar-refractivity contribution in [2.75, 3.05) is 0 Å². The summed E-state index contributed by atoms with van der Waals surface area (Å²) in [5.74, 6) is 0. The first-order chi connectivity index (χ1) is 7.41. The lowest BCUT2D eigenvalue weighted by atomic mass is 10.1. The number of unbranched alkanes of at least 4 members (excludes halogenated alkanes) is 6. The zero-order chi connectivity index (χ0) is 11.2. The van der Waals surface area contributed by atoms with E-state index in [1.807, 2.05) is 0 Å². The summed E-state index contributed by atoms with van der Waals surface area (Å²) in [6, 6.07) is 0. The maximum atomic E-state index is 3.83. The maximum Gasteiger partial charge on any atom is -0.0351 e. The van der Waals surface area contributed by atoms with Crippen LogP contribution in [0.2, 0.25) is 0 Å². The van der Waals surface area contributed by atoms with Gasteiger partial charge in [-0.05, 0) is 44.9 Å². The summed E-state index contributed by atoms with van der Waals surface area (Å²) in [4.78, 5) is 0. The first-order valence-corrected chi connectivity index (χ1v) is 6.51. The summed E-state index contributed by atoms with van der Waals surface area (Å²) in [7, 11) is 0. The largest absolute Gasteiger partial charge is 0.0888 e. The second kappa shape index (κ2) is 13.5. The molecule has 0 heterocycles. The van der Waals surface area contributed by atoms with Crippen LogP contribution in [0.3, 0.4) is 0 Å². The average Bonchev–Trinajstić information content (AvgIpc) is 2.26. The molecule has 1 radical (unpaired) electrons. The van der Waals surface area contributed by atoms with Crippen molar-refractivity contribution < 1.29 is 0 Å². The standard InChI is InChI=1S/C15H27/c1-3-5-7-9-11-13-15-14-12-10-8-6-4-2/h6,8-9,11H,1,3-5,7,10,12-15H2,2H3/b8-6+,11-9+. The first kappa shape index (κ1) is 14.5. The van der Waals surface area contributed by atoms with Gasteiger partial charge in [0.25, 0.3) is 0 Å². The summed E-state index contributed by atoms with van der Waals surface area (Å²) in [6.45, 7) is 6.02. The van der Waals surface area contributed by atoms with Gasteiger partial charge in [-0.3, -0.25) is 0 Å². The minimum Gasteiger partial charge on any atom is -0.0888 e. The molecule has 0 aromatic heterocycles. The van der Waals surface area contributed by atoms with Gasteiger partial charge >= 0.3 is 0 Å². The highest BCUT2D eigenvalue weighted by molar-refractivity contribution is 4.82. The topological polar surface area (TPSA) is 0 Å². The molecule has 0 aliphatic heterocycles. The monoisotopic (exact) mass is 207 g/mol. The Bertz CT molecular complexity index is 153. The second-order valence-electron chi connectivity index (χ2n) is 3.98. The van der Waals surface area contributed by atoms with E-state index in [9.17, 15) is 0 Å². The van der Waals surface area contributed by atoms with E-state index in [4.69, 9.17) is 0 Å². The Morgan fingerprint density at radius 3 is 1.80 bits per heavy atom. The van der Waals surface area contributed by atoms with Crippen molar-refractivity contribution in [1.29, 1.82) is 0 Å². The van der Waals surface area contributed by atoms with Gasteiger partial charge in [0.05, 0.1) is 0 Å². The Kier molecular flexibility index (Phi) is 13.0. The van der Waals surface area contributed by atoms with E-state index in [2.05, 4.69) is 38.2 Å². The fraction of sp³-hybridized carbons (Fsp3) is 0.667. The molecule has 0 amide bonds. The molecule has 0 aromatic carbocycles. The molecule has 0 spiro atoms. The van der Waals surface area contributed by atoms with E-state index in [-0.39, 0.29) is 0 Å². The lowest BCUT2D eigenvalue weighted by Gasteiger charge is -1.95. The van der Waals surface area contributed by atoms with Crippen molar-refractivity contribution in [2.24, 2.45) is 0 Å². The number of hydrogen-bond acceptors (Lipinski definition) is 0. The Labute approximate surface area is 96.5 Å². The molecule has 0 unspecified atom stereocenters. The molecule has 0 saturated heterocycles. The van der Waals surface area contributed by atoms with Crippen molar-refractivity contribution in [2.45, 2.75) is 64.7 Å². The highest BCUT2D eigenvalue weighted by Gasteiger charge is 1.85. The van der Waals surface area contributed by atoms with E-state index in [1.165, 1.54) is 51.4 Å². The van der Waals surface area contributed by atoms with E-state index < -0.39 is 0 Å². The van der Waals surface area contributed by atoms with Crippen molar-refractivity contribution in [3.63, 3.8) is 0 Å². The predicted octanol–water partition coefficient (Wildman–Crippen LogP) is 5.46. The molecule has 0 aliphatic rings. The molecule has 0 rings (SSSR count). The summed E-state index contributed by atoms with van der Waals surface area (Å²) >= 11 is 0. The molecule has 0 atom stereocenters. The number of rotatable bonds is 10. The van der Waals surface area contributed by atoms with Crippen LogP contribution in [-0.4, -0.2) is 0 Å². The van der Waals surface area contributed by atoms with E-state index in [0.29, 0.717) is 0 Å². The highest BCUT2D eigenvalue weighted by atomic mass is 13.9. The third-order valence-electron chi connectivity index (χ3n) is 2.43. The van der Waals surface area contributed by atoms with E-state index >= 15 is 0 Å². The highest BCUT2D eigenvalue weighted by Crippen LogP contribution is 2.05. The smallest absolute Gasteiger partial charge is 0.0351 e. The summed E-state index contributed by atoms with van der Waals surface area (Å²) in [5.41, 5.74) is 0. The predicted molar refractivity (Wildman–Crippen MR) is 70.9 cm³/mol. The van der Waals surface area contributed by atoms with Gasteiger partial charge in [-0.2, -0.15) is 0 Å². The minimum absolute atomic E-state index is 1.06. The van der Waals surface area contributed by atoms with Crippen LogP contribution >= 0.6 is 0 Å². The zero-order valence-electron chi connectivity index (χ0n) is 10.4. The van der Waals surface area contributed by atoms with Gasteiger partial charge in [0.1, 0.15) is 0 Å². The molecule has 0 fully saturated rings. The normalized spacial score (nSPS) is 11.9. The second-order valence-corrected chi connectivity index (χ2v) is 3.98. The summed E-state index contributed by atoms with van der Waals surface area (Å²) in [5, 5.41) is 0. The van der Waals surface area contributed by atoms with Gasteiger partial charge in [0, 0.05) is 0 Å². The fourth-order valence-electron chi connectivity index (χ4n) is 1.48. The SMILES string of the molecule is [CH2]CCC/C=C/CCCCC/C=C/CC. The lowest BCUT2D eigenvalue weighted by Crippen LogP contribution is -1.75. The molecule has 15 heavy (non-hydrogen) atoms. The van der Waals surface area contributed by atoms with Crippen LogP contribution in [0.25, 0.3) is 0 Å². The Hall–Kier alpha value is -0.520. The molecule has 0 bridgehead atoms. The van der Waals surface area contributed by atoms with Crippen molar-refractivity contribution in [3.05, 3.63) is 31.2 Å². The first-order valence-electron chi connectivity index (χ1n) is 6.51. The lowest BCUT2D eigenvalue weighted by molar-refractivity contribution is 0.694. The van der Waals surface area contributed by atoms with Crippen LogP contribution in [0.4, 0.5) is 0 Å². The molecule has 0 N–H and O–H groups in total. The molecule has 0 saturated carbocycles. The number of hydrogen-bond donors (Lipinski definition) is 0. The van der Waals surface area contributed by atoms with Gasteiger partial charge in [0.2, 0.25) is 0 Å². The number of allylic oxidation sites excluding steroid dienone is 4. The third-order valence-corrected chi connectivity index (χ3v) is 2.43. The van der Waals surface area contributed by atoms with Crippen molar-refractivity contribution in [3.8, 4) is 0 Å². The molecule has 0 nitrogen and oxygen atoms in total. The van der Waals surface area contributed by atoms with Crippen molar-refractivity contribution >= 4 is 0 Å². The molecule has 0 heteroatoms. The van der Waals surface area contributed by atoms with Crippen molar-refractivity contribution in [1.82, 2.24) is 0 Å². The molecule has 0 aromatic rings. The molecule has 87 valence electrons. The Morgan fingerprint density at radius 2 is 1.27 bits per heavy atom. The van der Waals surface area contributed by atoms with Crippen LogP contribution in [0.1, 0.15) is 64.7 Å². The van der Waals surface area contributed by atoms with Crippen LogP contribution in [0.5, 0.6) is 0 Å². The summed E-state index contributed by atoms with van der Waals surface area (Å²) in [6.07, 6.45) is 20.5. The van der Waals surface area contributed by atoms with Crippen LogP contribution in [-0.2, 0) is 0 Å². The molecular formula is C15H27. The van der Waals surface area contributed by atoms with Gasteiger partial charge in [-0.15, -0.1) is 0 Å². The quantitative estimate of drug-likeness (QED) is 0.329. The van der Waals surface area contributed by atoms with E-state index in [0.717, 1.165) is 6.42 Å². The van der Waals surface area contributed by atoms with Gasteiger partial charge in [0.15, 0.2) is 0 Å². The van der Waals surface area contributed by atoms with Gasteiger partial charge < -0.3 is 0 Å². The molecule has 0 aliphatic carbocycles.